The monoisotopic (exact) mass is 320 g/mol. The van der Waals surface area contributed by atoms with Crippen molar-refractivity contribution in [3.63, 3.8) is 0 Å². The number of aromatic nitrogens is 2. The van der Waals surface area contributed by atoms with Crippen molar-refractivity contribution in [3.05, 3.63) is 71.6 Å². The molecule has 0 aliphatic rings. The minimum Gasteiger partial charge on any atom is -0.364 e. The molecule has 3 nitrogen and oxygen atoms in total. The van der Waals surface area contributed by atoms with Crippen LogP contribution in [0.1, 0.15) is 5.69 Å². The van der Waals surface area contributed by atoms with Crippen LogP contribution in [0.15, 0.2) is 65.4 Å². The molecule has 2 aromatic carbocycles. The van der Waals surface area contributed by atoms with Crippen LogP contribution in [-0.4, -0.2) is 10.1 Å². The quantitative estimate of drug-likeness (QED) is 0.488. The Hall–Kier alpha value is -2.65. The molecule has 4 aromatic rings. The topological polar surface area (TPSA) is 38.9 Å². The Labute approximate surface area is 138 Å². The van der Waals surface area contributed by atoms with Crippen molar-refractivity contribution in [2.24, 2.45) is 0 Å². The predicted octanol–water partition coefficient (Wildman–Crippen LogP) is 5.52. The van der Waals surface area contributed by atoms with Crippen LogP contribution in [0.2, 0.25) is 5.02 Å². The first-order valence-corrected chi connectivity index (χ1v) is 7.68. The van der Waals surface area contributed by atoms with Crippen LogP contribution in [-0.2, 0) is 0 Å². The standard InChI is InChI=1S/C19H13ClN2O/c1-12-18(17-9-10-23-22-17)19(13-5-3-2-4-6-13)15-11-14(20)7-8-16(15)21-12/h2-11H,1H3. The van der Waals surface area contributed by atoms with Crippen LogP contribution >= 0.6 is 11.6 Å². The highest BCUT2D eigenvalue weighted by molar-refractivity contribution is 6.31. The van der Waals surface area contributed by atoms with E-state index in [1.165, 1.54) is 0 Å². The van der Waals surface area contributed by atoms with E-state index in [1.807, 2.05) is 49.4 Å². The molecular weight excluding hydrogens is 308 g/mol. The summed E-state index contributed by atoms with van der Waals surface area (Å²) in [5, 5.41) is 5.81. The summed E-state index contributed by atoms with van der Waals surface area (Å²) < 4.78 is 5.05. The number of pyridine rings is 1. The fraction of sp³-hybridized carbons (Fsp3) is 0.0526. The number of halogens is 1. The Balaban J connectivity index is 2.18. The van der Waals surface area contributed by atoms with E-state index in [9.17, 15) is 0 Å². The second-order valence-corrected chi connectivity index (χ2v) is 5.80. The Morgan fingerprint density at radius 3 is 2.52 bits per heavy atom. The molecule has 0 radical (unpaired) electrons. The van der Waals surface area contributed by atoms with E-state index >= 15 is 0 Å². The molecule has 2 heterocycles. The summed E-state index contributed by atoms with van der Waals surface area (Å²) >= 11 is 6.23. The molecule has 0 amide bonds. The fourth-order valence-corrected chi connectivity index (χ4v) is 3.09. The van der Waals surface area contributed by atoms with E-state index in [2.05, 4.69) is 17.3 Å². The molecule has 0 fully saturated rings. The minimum atomic E-state index is 0.687. The molecule has 0 aliphatic heterocycles. The molecule has 4 heteroatoms. The number of rotatable bonds is 2. The summed E-state index contributed by atoms with van der Waals surface area (Å²) in [6.07, 6.45) is 1.58. The van der Waals surface area contributed by atoms with Crippen LogP contribution in [0.3, 0.4) is 0 Å². The van der Waals surface area contributed by atoms with Crippen molar-refractivity contribution in [2.75, 3.05) is 0 Å². The summed E-state index contributed by atoms with van der Waals surface area (Å²) in [7, 11) is 0. The van der Waals surface area contributed by atoms with E-state index in [4.69, 9.17) is 21.1 Å². The SMILES string of the molecule is Cc1nc2ccc(Cl)cc2c(-c2ccccc2)c1-c1ccon1. The number of nitrogens with zero attached hydrogens (tertiary/aromatic N) is 2. The van der Waals surface area contributed by atoms with E-state index < -0.39 is 0 Å². The van der Waals surface area contributed by atoms with Gasteiger partial charge in [0.15, 0.2) is 0 Å². The molecule has 0 N–H and O–H groups in total. The first kappa shape index (κ1) is 14.0. The van der Waals surface area contributed by atoms with Gasteiger partial charge in [-0.15, -0.1) is 0 Å². The van der Waals surface area contributed by atoms with E-state index in [1.54, 1.807) is 6.26 Å². The van der Waals surface area contributed by atoms with E-state index in [0.717, 1.165) is 39.0 Å². The largest absolute Gasteiger partial charge is 0.364 e. The number of benzene rings is 2. The van der Waals surface area contributed by atoms with Gasteiger partial charge in [-0.3, -0.25) is 4.98 Å². The molecule has 0 spiro atoms. The summed E-state index contributed by atoms with van der Waals surface area (Å²) in [6, 6.07) is 17.8. The van der Waals surface area contributed by atoms with Crippen molar-refractivity contribution in [3.8, 4) is 22.4 Å². The second kappa shape index (κ2) is 5.52. The van der Waals surface area contributed by atoms with Gasteiger partial charge < -0.3 is 4.52 Å². The molecule has 23 heavy (non-hydrogen) atoms. The molecule has 0 aliphatic carbocycles. The summed E-state index contributed by atoms with van der Waals surface area (Å²) in [6.45, 7) is 1.99. The van der Waals surface area contributed by atoms with Gasteiger partial charge in [0, 0.05) is 33.3 Å². The smallest absolute Gasteiger partial charge is 0.124 e. The predicted molar refractivity (Wildman–Crippen MR) is 92.4 cm³/mol. The zero-order valence-electron chi connectivity index (χ0n) is 12.5. The lowest BCUT2D eigenvalue weighted by Crippen LogP contribution is -1.95. The number of aryl methyl sites for hydroxylation is 1. The second-order valence-electron chi connectivity index (χ2n) is 5.36. The zero-order valence-corrected chi connectivity index (χ0v) is 13.2. The number of hydrogen-bond acceptors (Lipinski definition) is 3. The lowest BCUT2D eigenvalue weighted by atomic mass is 9.93. The summed E-state index contributed by atoms with van der Waals surface area (Å²) in [5.41, 5.74) is 5.74. The van der Waals surface area contributed by atoms with E-state index in [0.29, 0.717) is 5.02 Å². The maximum Gasteiger partial charge on any atom is 0.124 e. The normalized spacial score (nSPS) is 11.0. The van der Waals surface area contributed by atoms with Crippen LogP contribution in [0.4, 0.5) is 0 Å². The van der Waals surface area contributed by atoms with Gasteiger partial charge in [-0.25, -0.2) is 0 Å². The first-order chi connectivity index (χ1) is 11.2. The van der Waals surface area contributed by atoms with Gasteiger partial charge >= 0.3 is 0 Å². The van der Waals surface area contributed by atoms with Crippen LogP contribution in [0.25, 0.3) is 33.3 Å². The van der Waals surface area contributed by atoms with Gasteiger partial charge in [-0.1, -0.05) is 47.1 Å². The zero-order chi connectivity index (χ0) is 15.8. The van der Waals surface area contributed by atoms with Gasteiger partial charge in [0.2, 0.25) is 0 Å². The Morgan fingerprint density at radius 2 is 1.78 bits per heavy atom. The van der Waals surface area contributed by atoms with Gasteiger partial charge in [0.05, 0.1) is 5.52 Å². The lowest BCUT2D eigenvalue weighted by Gasteiger charge is -2.14. The maximum absolute atomic E-state index is 6.23. The van der Waals surface area contributed by atoms with E-state index in [-0.39, 0.29) is 0 Å². The third-order valence-corrected chi connectivity index (χ3v) is 4.12. The van der Waals surface area contributed by atoms with Crippen LogP contribution in [0.5, 0.6) is 0 Å². The van der Waals surface area contributed by atoms with Crippen molar-refractivity contribution < 1.29 is 4.52 Å². The molecule has 2 aromatic heterocycles. The van der Waals surface area contributed by atoms with Crippen molar-refractivity contribution in [2.45, 2.75) is 6.92 Å². The first-order valence-electron chi connectivity index (χ1n) is 7.30. The average molecular weight is 321 g/mol. The van der Waals surface area contributed by atoms with Crippen molar-refractivity contribution >= 4 is 22.5 Å². The highest BCUT2D eigenvalue weighted by Gasteiger charge is 2.18. The summed E-state index contributed by atoms with van der Waals surface area (Å²) in [4.78, 5) is 4.72. The lowest BCUT2D eigenvalue weighted by molar-refractivity contribution is 0.422. The van der Waals surface area contributed by atoms with Crippen molar-refractivity contribution in [1.29, 1.82) is 0 Å². The van der Waals surface area contributed by atoms with Crippen LogP contribution in [0, 0.1) is 6.92 Å². The Kier molecular flexibility index (Phi) is 3.36. The minimum absolute atomic E-state index is 0.687. The van der Waals surface area contributed by atoms with Gasteiger partial charge in [-0.05, 0) is 30.7 Å². The highest BCUT2D eigenvalue weighted by atomic mass is 35.5. The molecule has 0 saturated carbocycles. The average Bonchev–Trinajstić information content (AvgIpc) is 3.09. The van der Waals surface area contributed by atoms with Crippen LogP contribution < -0.4 is 0 Å². The third kappa shape index (κ3) is 2.39. The molecular formula is C19H13ClN2O. The molecule has 0 unspecified atom stereocenters. The van der Waals surface area contributed by atoms with Gasteiger partial charge in [0.25, 0.3) is 0 Å². The number of hydrogen-bond donors (Lipinski definition) is 0. The number of fused-ring (bicyclic) bond motifs is 1. The highest BCUT2D eigenvalue weighted by Crippen LogP contribution is 2.39. The van der Waals surface area contributed by atoms with Gasteiger partial charge in [0.1, 0.15) is 12.0 Å². The Morgan fingerprint density at radius 1 is 0.957 bits per heavy atom. The van der Waals surface area contributed by atoms with Gasteiger partial charge in [-0.2, -0.15) is 0 Å². The molecule has 112 valence electrons. The maximum atomic E-state index is 6.23. The Bertz CT molecular complexity index is 979. The molecule has 4 rings (SSSR count). The summed E-state index contributed by atoms with van der Waals surface area (Å²) in [5.74, 6) is 0. The third-order valence-electron chi connectivity index (χ3n) is 3.88. The molecule has 0 atom stereocenters. The molecule has 0 bridgehead atoms. The fourth-order valence-electron chi connectivity index (χ4n) is 2.92. The molecule has 0 saturated heterocycles. The van der Waals surface area contributed by atoms with Crippen molar-refractivity contribution in [1.82, 2.24) is 10.1 Å².